The van der Waals surface area contributed by atoms with Crippen LogP contribution < -0.4 is 28.4 Å². The van der Waals surface area contributed by atoms with E-state index >= 15 is 0 Å². The van der Waals surface area contributed by atoms with E-state index in [0.717, 1.165) is 36.4 Å². The molecule has 0 aliphatic carbocycles. The molecule has 4 aromatic rings. The fourth-order valence-electron chi connectivity index (χ4n) is 5.49. The van der Waals surface area contributed by atoms with Crippen LogP contribution in [0.5, 0.6) is 23.0 Å². The summed E-state index contributed by atoms with van der Waals surface area (Å²) in [7, 11) is 2.22. The molecule has 0 spiro atoms. The maximum Gasteiger partial charge on any atom is 0.302 e. The number of carbonyl (C=O) groups is 2. The maximum atomic E-state index is 11.3. The fourth-order valence-corrected chi connectivity index (χ4v) is 8.18. The second kappa shape index (κ2) is 20.8. The van der Waals surface area contributed by atoms with Gasteiger partial charge in [-0.25, -0.2) is 8.42 Å². The molecule has 16 heteroatoms. The van der Waals surface area contributed by atoms with Crippen LogP contribution in [0, 0.1) is 6.92 Å². The number of aryl methyl sites for hydroxylation is 2. The average Bonchev–Trinajstić information content (AvgIpc) is 3.68. The van der Waals surface area contributed by atoms with Gasteiger partial charge in [0.1, 0.15) is 14.8 Å². The van der Waals surface area contributed by atoms with Gasteiger partial charge in [0.15, 0.2) is 29.5 Å². The molecule has 0 atom stereocenters. The SMILES string of the molecule is COc1cc2c(cc1OC)N(CCCOC(C)=O)C(=CC=CC=Cc1sc3cc(OC)c(OC)cc3[n+]1CCCOC(C)=O)S2.Cc1ccc(S(=O)(=O)[O-])cc1. The molecular weight excluding hydrogens is 781 g/mol. The highest BCUT2D eigenvalue weighted by molar-refractivity contribution is 8.03. The number of ether oxygens (including phenoxy) is 6. The standard InChI is InChI=1S/C33H39N2O8S2.C7H8O3S/c1-22(36)42-16-10-14-34-24-18-26(38-3)28(40-5)20-30(24)44-32(34)12-8-7-9-13-33-35(15-11-17-43-23(2)37)25-19-27(39-4)29(41-6)21-31(25)45-33;1-6-2-4-7(5-3-6)11(8,9)10/h7-9,12-13,18-21H,10-11,14-17H2,1-6H3;2-5H,1H3,(H,8,9,10)/q+1;/p-1. The summed E-state index contributed by atoms with van der Waals surface area (Å²) in [6, 6.07) is 13.7. The van der Waals surface area contributed by atoms with E-state index in [1.807, 2.05) is 49.4 Å². The minimum absolute atomic E-state index is 0.178. The van der Waals surface area contributed by atoms with Crippen molar-refractivity contribution in [3.63, 3.8) is 0 Å². The van der Waals surface area contributed by atoms with Crippen molar-refractivity contribution >= 4 is 67.1 Å². The van der Waals surface area contributed by atoms with Crippen molar-refractivity contribution in [2.75, 3.05) is 53.1 Å². The topological polar surface area (TPSA) is 154 Å². The first-order valence-electron chi connectivity index (χ1n) is 17.4. The van der Waals surface area contributed by atoms with Gasteiger partial charge in [0.25, 0.3) is 5.01 Å². The second-order valence-electron chi connectivity index (χ2n) is 12.1. The van der Waals surface area contributed by atoms with Crippen molar-refractivity contribution in [3.8, 4) is 23.0 Å². The predicted molar refractivity (Wildman–Crippen MR) is 216 cm³/mol. The van der Waals surface area contributed by atoms with Gasteiger partial charge in [-0.15, -0.1) is 0 Å². The quantitative estimate of drug-likeness (QED) is 0.0373. The average molecular weight is 827 g/mol. The molecule has 1 aliphatic rings. The summed E-state index contributed by atoms with van der Waals surface area (Å²) in [5.74, 6) is 2.07. The van der Waals surface area contributed by atoms with Crippen LogP contribution in [0.25, 0.3) is 16.3 Å². The van der Waals surface area contributed by atoms with Crippen LogP contribution in [0.3, 0.4) is 0 Å². The van der Waals surface area contributed by atoms with Crippen molar-refractivity contribution in [1.82, 2.24) is 0 Å². The molecule has 0 bridgehead atoms. The zero-order chi connectivity index (χ0) is 40.8. The largest absolute Gasteiger partial charge is 0.744 e. The van der Waals surface area contributed by atoms with Crippen LogP contribution in [-0.2, 0) is 35.7 Å². The number of benzene rings is 3. The van der Waals surface area contributed by atoms with Crippen molar-refractivity contribution < 1.29 is 55.5 Å². The predicted octanol–water partition coefficient (Wildman–Crippen LogP) is 7.05. The van der Waals surface area contributed by atoms with E-state index in [0.29, 0.717) is 62.1 Å². The van der Waals surface area contributed by atoms with Crippen molar-refractivity contribution in [2.45, 2.75) is 49.9 Å². The second-order valence-corrected chi connectivity index (χ2v) is 15.6. The molecule has 1 aromatic heterocycles. The molecule has 56 heavy (non-hydrogen) atoms. The summed E-state index contributed by atoms with van der Waals surface area (Å²) < 4.78 is 66.9. The Hall–Kier alpha value is -5.03. The van der Waals surface area contributed by atoms with Gasteiger partial charge in [-0.1, -0.05) is 59.0 Å². The van der Waals surface area contributed by atoms with Gasteiger partial charge >= 0.3 is 11.9 Å². The lowest BCUT2D eigenvalue weighted by Gasteiger charge is -2.21. The van der Waals surface area contributed by atoms with Gasteiger partial charge in [0.05, 0.1) is 63.3 Å². The number of carbonyl (C=O) groups excluding carboxylic acids is 2. The highest BCUT2D eigenvalue weighted by Crippen LogP contribution is 2.50. The van der Waals surface area contributed by atoms with Crippen molar-refractivity contribution in [3.05, 3.63) is 88.4 Å². The summed E-state index contributed by atoms with van der Waals surface area (Å²) in [6.07, 6.45) is 11.5. The molecule has 3 aromatic carbocycles. The number of rotatable bonds is 16. The molecule has 0 saturated heterocycles. The number of methoxy groups -OCH3 is 4. The van der Waals surface area contributed by atoms with Crippen LogP contribution >= 0.6 is 23.1 Å². The van der Waals surface area contributed by atoms with E-state index in [1.54, 1.807) is 63.7 Å². The molecule has 13 nitrogen and oxygen atoms in total. The van der Waals surface area contributed by atoms with Crippen LogP contribution in [0.2, 0.25) is 0 Å². The highest BCUT2D eigenvalue weighted by Gasteiger charge is 2.27. The normalized spacial score (nSPS) is 13.1. The number of hydrogen-bond donors (Lipinski definition) is 0. The summed E-state index contributed by atoms with van der Waals surface area (Å²) >= 11 is 3.29. The van der Waals surface area contributed by atoms with Crippen LogP contribution in [0.1, 0.15) is 37.3 Å². The third kappa shape index (κ3) is 12.0. The Kier molecular flexibility index (Phi) is 16.2. The molecule has 0 radical (unpaired) electrons. The molecule has 0 fully saturated rings. The van der Waals surface area contributed by atoms with Crippen LogP contribution in [0.15, 0.2) is 87.7 Å². The number of thiazole rings is 1. The van der Waals surface area contributed by atoms with Crippen molar-refractivity contribution in [2.24, 2.45) is 0 Å². The molecular formula is C40H46N2O11S3. The van der Waals surface area contributed by atoms with Gasteiger partial charge in [0, 0.05) is 56.0 Å². The smallest absolute Gasteiger partial charge is 0.302 e. The summed E-state index contributed by atoms with van der Waals surface area (Å²) in [6.45, 7) is 6.68. The lowest BCUT2D eigenvalue weighted by molar-refractivity contribution is -0.669. The lowest BCUT2D eigenvalue weighted by Crippen LogP contribution is -2.35. The number of aromatic nitrogens is 1. The third-order valence-corrected chi connectivity index (χ3v) is 11.2. The molecule has 2 heterocycles. The maximum absolute atomic E-state index is 11.3. The fraction of sp³-hybridized carbons (Fsp3) is 0.325. The highest BCUT2D eigenvalue weighted by atomic mass is 32.2. The molecule has 0 unspecified atom stereocenters. The monoisotopic (exact) mass is 826 g/mol. The van der Waals surface area contributed by atoms with Crippen molar-refractivity contribution in [1.29, 1.82) is 0 Å². The Labute approximate surface area is 335 Å². The zero-order valence-electron chi connectivity index (χ0n) is 32.4. The van der Waals surface area contributed by atoms with Gasteiger partial charge in [-0.05, 0) is 31.6 Å². The molecule has 1 aliphatic heterocycles. The number of nitrogens with zero attached hydrogens (tertiary/aromatic N) is 2. The molecule has 300 valence electrons. The molecule has 5 rings (SSSR count). The van der Waals surface area contributed by atoms with E-state index in [1.165, 1.54) is 26.0 Å². The van der Waals surface area contributed by atoms with Gasteiger partial charge in [0.2, 0.25) is 5.52 Å². The summed E-state index contributed by atoms with van der Waals surface area (Å²) in [4.78, 5) is 25.6. The lowest BCUT2D eigenvalue weighted by atomic mass is 10.2. The van der Waals surface area contributed by atoms with Gasteiger partial charge in [-0.3, -0.25) is 9.59 Å². The number of fused-ring (bicyclic) bond motifs is 2. The van der Waals surface area contributed by atoms with Gasteiger partial charge < -0.3 is 37.9 Å². The summed E-state index contributed by atoms with van der Waals surface area (Å²) in [5.41, 5.74) is 2.96. The molecule has 0 saturated carbocycles. The molecule has 0 amide bonds. The van der Waals surface area contributed by atoms with Crippen LogP contribution in [0.4, 0.5) is 5.69 Å². The first kappa shape index (κ1) is 43.7. The minimum Gasteiger partial charge on any atom is -0.744 e. The number of anilines is 1. The number of esters is 2. The third-order valence-electron chi connectivity index (χ3n) is 8.15. The number of thioether (sulfide) groups is 1. The van der Waals surface area contributed by atoms with E-state index in [2.05, 4.69) is 21.6 Å². The Morgan fingerprint density at radius 1 is 0.804 bits per heavy atom. The number of allylic oxidation sites excluding steroid dienone is 4. The van der Waals surface area contributed by atoms with Crippen LogP contribution in [-0.4, -0.2) is 73.1 Å². The number of hydrogen-bond acceptors (Lipinski definition) is 14. The van der Waals surface area contributed by atoms with E-state index in [-0.39, 0.29) is 16.8 Å². The minimum atomic E-state index is -4.27. The van der Waals surface area contributed by atoms with Gasteiger partial charge in [-0.2, -0.15) is 4.57 Å². The van der Waals surface area contributed by atoms with E-state index in [9.17, 15) is 22.6 Å². The molecule has 0 N–H and O–H groups in total. The Morgan fingerprint density at radius 3 is 2.00 bits per heavy atom. The summed E-state index contributed by atoms with van der Waals surface area (Å²) in [5, 5.41) is 2.07. The Bertz CT molecular complexity index is 2190. The first-order chi connectivity index (χ1) is 26.8. The Morgan fingerprint density at radius 2 is 1.39 bits per heavy atom. The zero-order valence-corrected chi connectivity index (χ0v) is 34.8. The first-order valence-corrected chi connectivity index (χ1v) is 20.5. The van der Waals surface area contributed by atoms with E-state index in [4.69, 9.17) is 28.4 Å². The van der Waals surface area contributed by atoms with E-state index < -0.39 is 10.1 Å². The Balaban J connectivity index is 0.000000544.